The van der Waals surface area contributed by atoms with Gasteiger partial charge in [0.05, 0.1) is 0 Å². The van der Waals surface area contributed by atoms with E-state index in [1.165, 1.54) is 22.3 Å². The Morgan fingerprint density at radius 3 is 1.58 bits per heavy atom. The third-order valence-corrected chi connectivity index (χ3v) is 5.75. The first-order chi connectivity index (χ1) is 15.3. The molecule has 1 aromatic heterocycles. The average Bonchev–Trinajstić information content (AvgIpc) is 3.23. The highest BCUT2D eigenvalue weighted by molar-refractivity contribution is 5.79. The topological polar surface area (TPSA) is 38.7 Å². The van der Waals surface area contributed by atoms with Gasteiger partial charge in [-0.05, 0) is 34.7 Å². The van der Waals surface area contributed by atoms with Gasteiger partial charge in [-0.2, -0.15) is 0 Å². The zero-order valence-corrected chi connectivity index (χ0v) is 16.9. The van der Waals surface area contributed by atoms with Crippen LogP contribution in [0, 0.1) is 0 Å². The molecule has 3 heteroatoms. The number of nitrogens with zero attached hydrogens (tertiary/aromatic N) is 3. The van der Waals surface area contributed by atoms with Crippen LogP contribution in [0.25, 0.3) is 45.3 Å². The minimum absolute atomic E-state index is 0.688. The van der Waals surface area contributed by atoms with Crippen LogP contribution in [-0.4, -0.2) is 15.0 Å². The van der Waals surface area contributed by atoms with Gasteiger partial charge in [0, 0.05) is 16.7 Å². The average molecular weight is 397 g/mol. The number of aromatic nitrogens is 3. The van der Waals surface area contributed by atoms with E-state index in [4.69, 9.17) is 15.0 Å². The summed E-state index contributed by atoms with van der Waals surface area (Å²) in [5.41, 5.74) is 8.31. The summed E-state index contributed by atoms with van der Waals surface area (Å²) in [6.45, 7) is 0. The van der Waals surface area contributed by atoms with Crippen LogP contribution in [-0.2, 0) is 6.42 Å². The normalized spacial score (nSPS) is 11.7. The quantitative estimate of drug-likeness (QED) is 0.345. The molecular formula is C28H19N3. The molecular weight excluding hydrogens is 378 g/mol. The first-order valence-corrected chi connectivity index (χ1v) is 10.4. The van der Waals surface area contributed by atoms with Crippen LogP contribution in [0.2, 0.25) is 0 Å². The Labute approximate surface area is 181 Å². The van der Waals surface area contributed by atoms with E-state index in [0.29, 0.717) is 17.5 Å². The third-order valence-electron chi connectivity index (χ3n) is 5.75. The van der Waals surface area contributed by atoms with Crippen LogP contribution in [0.5, 0.6) is 0 Å². The Hall–Kier alpha value is -4.11. The van der Waals surface area contributed by atoms with E-state index in [-0.39, 0.29) is 0 Å². The largest absolute Gasteiger partial charge is 0.208 e. The molecule has 0 atom stereocenters. The third kappa shape index (κ3) is 3.21. The number of fused-ring (bicyclic) bond motifs is 3. The molecule has 0 saturated carbocycles. The van der Waals surface area contributed by atoms with Gasteiger partial charge in [0.25, 0.3) is 0 Å². The van der Waals surface area contributed by atoms with Gasteiger partial charge in [-0.1, -0.05) is 97.1 Å². The van der Waals surface area contributed by atoms with Crippen molar-refractivity contribution in [3.63, 3.8) is 0 Å². The summed E-state index contributed by atoms with van der Waals surface area (Å²) in [6.07, 6.45) is 0.946. The van der Waals surface area contributed by atoms with Crippen LogP contribution < -0.4 is 0 Å². The lowest BCUT2D eigenvalue weighted by molar-refractivity contribution is 1.07. The van der Waals surface area contributed by atoms with Crippen molar-refractivity contribution in [2.75, 3.05) is 0 Å². The summed E-state index contributed by atoms with van der Waals surface area (Å²) in [5.74, 6) is 2.08. The molecule has 146 valence electrons. The first-order valence-electron chi connectivity index (χ1n) is 10.4. The smallest absolute Gasteiger partial charge is 0.164 e. The maximum atomic E-state index is 4.85. The monoisotopic (exact) mass is 397 g/mol. The molecule has 6 rings (SSSR count). The van der Waals surface area contributed by atoms with Crippen molar-refractivity contribution in [1.82, 2.24) is 15.0 Å². The molecule has 1 aliphatic carbocycles. The maximum Gasteiger partial charge on any atom is 0.164 e. The lowest BCUT2D eigenvalue weighted by Crippen LogP contribution is -2.00. The zero-order chi connectivity index (χ0) is 20.6. The van der Waals surface area contributed by atoms with Crippen molar-refractivity contribution < 1.29 is 0 Å². The van der Waals surface area contributed by atoms with Gasteiger partial charge < -0.3 is 0 Å². The fourth-order valence-electron chi connectivity index (χ4n) is 4.22. The lowest BCUT2D eigenvalue weighted by atomic mass is 10.0. The van der Waals surface area contributed by atoms with Gasteiger partial charge in [-0.25, -0.2) is 15.0 Å². The molecule has 0 amide bonds. The van der Waals surface area contributed by atoms with Crippen LogP contribution in [0.4, 0.5) is 0 Å². The van der Waals surface area contributed by atoms with Crippen molar-refractivity contribution >= 4 is 0 Å². The summed E-state index contributed by atoms with van der Waals surface area (Å²) in [5, 5.41) is 0. The second kappa shape index (κ2) is 7.29. The standard InChI is InChI=1S/C28H19N3/c1-3-9-19(10-4-1)26-29-27(20-11-5-2-6-12-20)31-28(30-26)22-15-16-25-23(18-22)17-21-13-7-8-14-24(21)25/h1-16,18H,17H2. The number of benzene rings is 4. The van der Waals surface area contributed by atoms with Crippen molar-refractivity contribution in [3.8, 4) is 45.3 Å². The summed E-state index contributed by atoms with van der Waals surface area (Å²) >= 11 is 0. The highest BCUT2D eigenvalue weighted by Gasteiger charge is 2.19. The fourth-order valence-corrected chi connectivity index (χ4v) is 4.22. The molecule has 0 saturated heterocycles. The predicted molar refractivity (Wildman–Crippen MR) is 124 cm³/mol. The Kier molecular flexibility index (Phi) is 4.17. The summed E-state index contributed by atoms with van der Waals surface area (Å²) < 4.78 is 0. The first kappa shape index (κ1) is 17.7. The van der Waals surface area contributed by atoms with E-state index < -0.39 is 0 Å². The molecule has 1 aliphatic rings. The molecule has 0 fully saturated rings. The molecule has 1 heterocycles. The Morgan fingerprint density at radius 2 is 0.935 bits per heavy atom. The predicted octanol–water partition coefficient (Wildman–Crippen LogP) is 6.44. The van der Waals surface area contributed by atoms with Gasteiger partial charge in [0.15, 0.2) is 17.5 Å². The Bertz CT molecular complexity index is 1340. The fraction of sp³-hybridized carbons (Fsp3) is 0.0357. The van der Waals surface area contributed by atoms with Crippen LogP contribution in [0.3, 0.4) is 0 Å². The van der Waals surface area contributed by atoms with Crippen molar-refractivity contribution in [2.24, 2.45) is 0 Å². The number of hydrogen-bond acceptors (Lipinski definition) is 3. The zero-order valence-electron chi connectivity index (χ0n) is 16.9. The van der Waals surface area contributed by atoms with Crippen molar-refractivity contribution in [1.29, 1.82) is 0 Å². The van der Waals surface area contributed by atoms with Crippen LogP contribution in [0.15, 0.2) is 103 Å². The van der Waals surface area contributed by atoms with E-state index in [0.717, 1.165) is 23.1 Å². The second-order valence-corrected chi connectivity index (χ2v) is 7.74. The molecule has 0 radical (unpaired) electrons. The second-order valence-electron chi connectivity index (χ2n) is 7.74. The van der Waals surface area contributed by atoms with Gasteiger partial charge in [0.1, 0.15) is 0 Å². The molecule has 0 spiro atoms. The summed E-state index contributed by atoms with van der Waals surface area (Å²) in [7, 11) is 0. The van der Waals surface area contributed by atoms with E-state index in [1.807, 2.05) is 60.7 Å². The molecule has 0 aliphatic heterocycles. The Morgan fingerprint density at radius 1 is 0.419 bits per heavy atom. The molecule has 0 bridgehead atoms. The van der Waals surface area contributed by atoms with E-state index in [2.05, 4.69) is 42.5 Å². The number of hydrogen-bond donors (Lipinski definition) is 0. The van der Waals surface area contributed by atoms with Crippen molar-refractivity contribution in [3.05, 3.63) is 114 Å². The highest BCUT2D eigenvalue weighted by atomic mass is 15.0. The van der Waals surface area contributed by atoms with Gasteiger partial charge in [-0.15, -0.1) is 0 Å². The molecule has 31 heavy (non-hydrogen) atoms. The summed E-state index contributed by atoms with van der Waals surface area (Å²) in [6, 6.07) is 35.3. The molecule has 3 nitrogen and oxygen atoms in total. The SMILES string of the molecule is c1ccc(-c2nc(-c3ccccc3)nc(-c3ccc4c(c3)Cc3ccccc3-4)n2)cc1. The minimum atomic E-state index is 0.688. The van der Waals surface area contributed by atoms with Crippen molar-refractivity contribution in [2.45, 2.75) is 6.42 Å². The molecule has 0 N–H and O–H groups in total. The van der Waals surface area contributed by atoms with E-state index in [1.54, 1.807) is 0 Å². The lowest BCUT2D eigenvalue weighted by Gasteiger charge is -2.09. The van der Waals surface area contributed by atoms with Gasteiger partial charge >= 0.3 is 0 Å². The minimum Gasteiger partial charge on any atom is -0.208 e. The molecule has 0 unspecified atom stereocenters. The summed E-state index contributed by atoms with van der Waals surface area (Å²) in [4.78, 5) is 14.5. The van der Waals surface area contributed by atoms with E-state index >= 15 is 0 Å². The molecule has 5 aromatic rings. The Balaban J connectivity index is 1.50. The highest BCUT2D eigenvalue weighted by Crippen LogP contribution is 2.38. The van der Waals surface area contributed by atoms with Crippen LogP contribution in [0.1, 0.15) is 11.1 Å². The van der Waals surface area contributed by atoms with Crippen LogP contribution >= 0.6 is 0 Å². The number of rotatable bonds is 3. The van der Waals surface area contributed by atoms with Gasteiger partial charge in [-0.3, -0.25) is 0 Å². The molecule has 4 aromatic carbocycles. The van der Waals surface area contributed by atoms with Gasteiger partial charge in [0.2, 0.25) is 0 Å². The maximum absolute atomic E-state index is 4.85. The van der Waals surface area contributed by atoms with E-state index in [9.17, 15) is 0 Å².